The normalized spacial score (nSPS) is 12.5. The Kier molecular flexibility index (Phi) is 10.1. The molecule has 9 nitrogen and oxygen atoms in total. The summed E-state index contributed by atoms with van der Waals surface area (Å²) in [7, 11) is 1.60. The number of fused-ring (bicyclic) bond motifs is 3. The number of nitro groups is 1. The first-order valence-corrected chi connectivity index (χ1v) is 14.0. The Bertz CT molecular complexity index is 1560. The molecule has 0 radical (unpaired) electrons. The molecule has 1 atom stereocenters. The third-order valence-corrected chi connectivity index (χ3v) is 7.27. The SMILES string of the molecule is CCCCC(CC)Cn1c2ccc(/C(=N/OC(C)=O)c3ccccc3OCCOC)cc2c2cc([N+](=O)[O-])ccc21. The summed E-state index contributed by atoms with van der Waals surface area (Å²) < 4.78 is 13.4. The molecule has 0 amide bonds. The molecule has 1 aromatic heterocycles. The minimum absolute atomic E-state index is 0.0330. The fraction of sp³-hybridized carbons (Fsp3) is 0.375. The van der Waals surface area contributed by atoms with Gasteiger partial charge in [0.25, 0.3) is 5.69 Å². The van der Waals surface area contributed by atoms with Gasteiger partial charge in [-0.2, -0.15) is 0 Å². The van der Waals surface area contributed by atoms with Crippen molar-refractivity contribution in [1.82, 2.24) is 4.57 Å². The first-order chi connectivity index (χ1) is 19.9. The van der Waals surface area contributed by atoms with Gasteiger partial charge in [0.05, 0.1) is 11.5 Å². The van der Waals surface area contributed by atoms with Crippen LogP contribution in [0.3, 0.4) is 0 Å². The van der Waals surface area contributed by atoms with Crippen molar-refractivity contribution in [2.75, 3.05) is 20.3 Å². The zero-order valence-corrected chi connectivity index (χ0v) is 24.1. The van der Waals surface area contributed by atoms with Gasteiger partial charge in [-0.05, 0) is 42.7 Å². The molecule has 1 heterocycles. The number of non-ortho nitro benzene ring substituents is 1. The minimum Gasteiger partial charge on any atom is -0.490 e. The van der Waals surface area contributed by atoms with E-state index in [-0.39, 0.29) is 10.6 Å². The number of unbranched alkanes of at least 4 members (excludes halogenated alkanes) is 1. The van der Waals surface area contributed by atoms with E-state index in [9.17, 15) is 14.9 Å². The summed E-state index contributed by atoms with van der Waals surface area (Å²) in [6.07, 6.45) is 4.47. The van der Waals surface area contributed by atoms with Gasteiger partial charge >= 0.3 is 5.97 Å². The maximum Gasteiger partial charge on any atom is 0.332 e. The van der Waals surface area contributed by atoms with Gasteiger partial charge in [-0.1, -0.05) is 56.5 Å². The highest BCUT2D eigenvalue weighted by atomic mass is 16.7. The zero-order valence-electron chi connectivity index (χ0n) is 24.1. The van der Waals surface area contributed by atoms with Gasteiger partial charge < -0.3 is 18.9 Å². The van der Waals surface area contributed by atoms with Gasteiger partial charge in [-0.3, -0.25) is 10.1 Å². The van der Waals surface area contributed by atoms with Crippen molar-refractivity contribution in [3.05, 3.63) is 81.9 Å². The molecule has 0 saturated heterocycles. The number of benzene rings is 3. The summed E-state index contributed by atoms with van der Waals surface area (Å²) in [6, 6.07) is 18.3. The van der Waals surface area contributed by atoms with Crippen LogP contribution in [0.1, 0.15) is 57.6 Å². The van der Waals surface area contributed by atoms with Gasteiger partial charge in [0.2, 0.25) is 0 Å². The molecule has 9 heteroatoms. The number of hydrogen-bond donors (Lipinski definition) is 0. The molecule has 4 rings (SSSR count). The Hall–Kier alpha value is -4.24. The molecular weight excluding hydrogens is 522 g/mol. The predicted octanol–water partition coefficient (Wildman–Crippen LogP) is 7.26. The first kappa shape index (κ1) is 29.7. The van der Waals surface area contributed by atoms with Crippen LogP contribution >= 0.6 is 0 Å². The van der Waals surface area contributed by atoms with E-state index in [0.29, 0.717) is 41.7 Å². The number of carbonyl (C=O) groups is 1. The number of oxime groups is 1. The molecule has 0 bridgehead atoms. The molecule has 0 aliphatic rings. The molecule has 0 aliphatic carbocycles. The van der Waals surface area contributed by atoms with Crippen LogP contribution in [0.4, 0.5) is 5.69 Å². The molecule has 0 aliphatic heterocycles. The van der Waals surface area contributed by atoms with Crippen molar-refractivity contribution < 1.29 is 24.0 Å². The van der Waals surface area contributed by atoms with Crippen LogP contribution in [0.5, 0.6) is 5.75 Å². The van der Waals surface area contributed by atoms with E-state index < -0.39 is 5.97 Å². The zero-order chi connectivity index (χ0) is 29.4. The lowest BCUT2D eigenvalue weighted by Crippen LogP contribution is -2.11. The Morgan fingerprint density at radius 3 is 2.44 bits per heavy atom. The number of para-hydroxylation sites is 1. The molecule has 4 aromatic rings. The van der Waals surface area contributed by atoms with Gasteiger partial charge in [-0.25, -0.2) is 4.79 Å². The summed E-state index contributed by atoms with van der Waals surface area (Å²) in [5, 5.41) is 17.6. The monoisotopic (exact) mass is 559 g/mol. The van der Waals surface area contributed by atoms with E-state index in [1.807, 2.05) is 48.5 Å². The van der Waals surface area contributed by atoms with Crippen LogP contribution in [-0.4, -0.2) is 41.5 Å². The number of carbonyl (C=O) groups excluding carboxylic acids is 1. The lowest BCUT2D eigenvalue weighted by Gasteiger charge is -2.17. The average molecular weight is 560 g/mol. The molecule has 0 N–H and O–H groups in total. The largest absolute Gasteiger partial charge is 0.490 e. The van der Waals surface area contributed by atoms with Gasteiger partial charge in [0, 0.05) is 65.6 Å². The summed E-state index contributed by atoms with van der Waals surface area (Å²) in [6.45, 7) is 7.26. The topological polar surface area (TPSA) is 105 Å². The van der Waals surface area contributed by atoms with Crippen molar-refractivity contribution >= 4 is 39.2 Å². The maximum atomic E-state index is 11.8. The summed E-state index contributed by atoms with van der Waals surface area (Å²) in [5.41, 5.74) is 3.70. The van der Waals surface area contributed by atoms with Crippen LogP contribution in [-0.2, 0) is 20.9 Å². The quantitative estimate of drug-likeness (QED) is 0.0529. The van der Waals surface area contributed by atoms with E-state index >= 15 is 0 Å². The third kappa shape index (κ3) is 6.92. The molecule has 1 unspecified atom stereocenters. The Balaban J connectivity index is 1.90. The summed E-state index contributed by atoms with van der Waals surface area (Å²) in [4.78, 5) is 28.2. The first-order valence-electron chi connectivity index (χ1n) is 14.0. The van der Waals surface area contributed by atoms with Crippen LogP contribution in [0.15, 0.2) is 65.8 Å². The van der Waals surface area contributed by atoms with Crippen LogP contribution < -0.4 is 4.74 Å². The molecule has 216 valence electrons. The number of hydrogen-bond acceptors (Lipinski definition) is 7. The minimum atomic E-state index is -0.550. The van der Waals surface area contributed by atoms with Crippen LogP contribution in [0.25, 0.3) is 21.8 Å². The van der Waals surface area contributed by atoms with Crippen LogP contribution in [0, 0.1) is 16.0 Å². The number of rotatable bonds is 14. The van der Waals surface area contributed by atoms with Crippen molar-refractivity contribution in [3.8, 4) is 5.75 Å². The molecule has 0 saturated carbocycles. The van der Waals surface area contributed by atoms with E-state index in [2.05, 4.69) is 23.6 Å². The second-order valence-electron chi connectivity index (χ2n) is 10.1. The van der Waals surface area contributed by atoms with E-state index in [4.69, 9.17) is 14.3 Å². The summed E-state index contributed by atoms with van der Waals surface area (Å²) >= 11 is 0. The average Bonchev–Trinajstić information content (AvgIpc) is 3.28. The fourth-order valence-electron chi connectivity index (χ4n) is 5.12. The van der Waals surface area contributed by atoms with Crippen molar-refractivity contribution in [1.29, 1.82) is 0 Å². The Labute approximate surface area is 239 Å². The number of nitro benzene ring substituents is 1. The number of ether oxygens (including phenoxy) is 2. The smallest absolute Gasteiger partial charge is 0.332 e. The van der Waals surface area contributed by atoms with Gasteiger partial charge in [0.15, 0.2) is 0 Å². The number of nitrogens with zero attached hydrogens (tertiary/aromatic N) is 3. The second kappa shape index (κ2) is 13.9. The van der Waals surface area contributed by atoms with Crippen LogP contribution in [0.2, 0.25) is 0 Å². The maximum absolute atomic E-state index is 11.8. The predicted molar refractivity (Wildman–Crippen MR) is 161 cm³/mol. The highest BCUT2D eigenvalue weighted by molar-refractivity contribution is 6.18. The second-order valence-corrected chi connectivity index (χ2v) is 10.1. The Morgan fingerprint density at radius 2 is 1.76 bits per heavy atom. The van der Waals surface area contributed by atoms with Gasteiger partial charge in [0.1, 0.15) is 18.1 Å². The highest BCUT2D eigenvalue weighted by Gasteiger charge is 2.20. The van der Waals surface area contributed by atoms with E-state index in [0.717, 1.165) is 54.0 Å². The lowest BCUT2D eigenvalue weighted by molar-refractivity contribution is -0.384. The number of aromatic nitrogens is 1. The Morgan fingerprint density at radius 1 is 1.02 bits per heavy atom. The molecule has 41 heavy (non-hydrogen) atoms. The van der Waals surface area contributed by atoms with Crippen molar-refractivity contribution in [3.63, 3.8) is 0 Å². The summed E-state index contributed by atoms with van der Waals surface area (Å²) in [5.74, 6) is 0.502. The van der Waals surface area contributed by atoms with E-state index in [1.165, 1.54) is 6.92 Å². The molecule has 0 fully saturated rings. The fourth-order valence-corrected chi connectivity index (χ4v) is 5.12. The molecule has 0 spiro atoms. The van der Waals surface area contributed by atoms with Crippen molar-refractivity contribution in [2.24, 2.45) is 11.1 Å². The lowest BCUT2D eigenvalue weighted by atomic mass is 9.98. The molecule has 3 aromatic carbocycles. The highest BCUT2D eigenvalue weighted by Crippen LogP contribution is 2.35. The van der Waals surface area contributed by atoms with Crippen molar-refractivity contribution in [2.45, 2.75) is 53.0 Å². The van der Waals surface area contributed by atoms with Gasteiger partial charge in [-0.15, -0.1) is 0 Å². The molecular formula is C32H37N3O6. The van der Waals surface area contributed by atoms with E-state index in [1.54, 1.807) is 19.2 Å². The third-order valence-electron chi connectivity index (χ3n) is 7.27. The standard InChI is InChI=1S/C32H37N3O6/c1-5-7-10-23(6-2)21-34-29-15-13-24(19-27(29)28-20-25(35(37)38)14-16-30(28)34)32(33-41-22(3)36)26-11-8-9-12-31(26)40-18-17-39-4/h8-9,11-16,19-20,23H,5-7,10,17-18,21H2,1-4H3/b33-32-. The number of methoxy groups -OCH3 is 1.